The summed E-state index contributed by atoms with van der Waals surface area (Å²) < 4.78 is 5.59. The number of rotatable bonds is 4. The second-order valence-corrected chi connectivity index (χ2v) is 2.93. The largest absolute Gasteiger partial charge is 0.378 e. The molecule has 0 aliphatic heterocycles. The molecule has 1 unspecified atom stereocenters. The Morgan fingerprint density at radius 2 is 2.50 bits per heavy atom. The minimum absolute atomic E-state index is 0.492. The van der Waals surface area contributed by atoms with Gasteiger partial charge in [0.05, 0.1) is 6.10 Å². The first-order chi connectivity index (χ1) is 4.93. The predicted octanol–water partition coefficient (Wildman–Crippen LogP) is 2.56. The van der Waals surface area contributed by atoms with Crippen LogP contribution in [-0.2, 0) is 4.74 Å². The minimum Gasteiger partial charge on any atom is -0.378 e. The fourth-order valence-electron chi connectivity index (χ4n) is 1.27. The Bertz CT molecular complexity index is 74.8. The van der Waals surface area contributed by atoms with Crippen LogP contribution >= 0.6 is 0 Å². The topological polar surface area (TPSA) is 9.23 Å². The molecule has 0 N–H and O–H groups in total. The van der Waals surface area contributed by atoms with Crippen molar-refractivity contribution < 1.29 is 4.74 Å². The maximum atomic E-state index is 5.59. The van der Waals surface area contributed by atoms with Gasteiger partial charge >= 0.3 is 0 Å². The molecule has 59 valence electrons. The maximum absolute atomic E-state index is 5.59. The Morgan fingerprint density at radius 3 is 3.10 bits per heavy atom. The summed E-state index contributed by atoms with van der Waals surface area (Å²) in [4.78, 5) is 0. The minimum atomic E-state index is 0.492. The van der Waals surface area contributed by atoms with Crippen molar-refractivity contribution in [3.8, 4) is 0 Å². The van der Waals surface area contributed by atoms with E-state index >= 15 is 0 Å². The lowest BCUT2D eigenvalue weighted by molar-refractivity contribution is 0.0774. The molecule has 1 heteroatoms. The van der Waals surface area contributed by atoms with Gasteiger partial charge in [0, 0.05) is 6.61 Å². The highest BCUT2D eigenvalue weighted by atomic mass is 16.5. The van der Waals surface area contributed by atoms with Crippen LogP contribution in [0, 0.1) is 6.42 Å². The van der Waals surface area contributed by atoms with Crippen LogP contribution in [0.25, 0.3) is 0 Å². The summed E-state index contributed by atoms with van der Waals surface area (Å²) >= 11 is 0. The van der Waals surface area contributed by atoms with Crippen LogP contribution in [0.15, 0.2) is 0 Å². The normalized spacial score (nSPS) is 20.1. The Labute approximate surface area is 63.8 Å². The molecule has 0 bridgehead atoms. The molecule has 10 heavy (non-hydrogen) atoms. The lowest BCUT2D eigenvalue weighted by atomic mass is 10.3. The Kier molecular flexibility index (Phi) is 3.81. The monoisotopic (exact) mass is 141 g/mol. The van der Waals surface area contributed by atoms with Gasteiger partial charge in [-0.2, -0.15) is 0 Å². The van der Waals surface area contributed by atoms with Gasteiger partial charge in [-0.3, -0.25) is 0 Å². The number of unbranched alkanes of at least 4 members (excludes halogenated alkanes) is 1. The molecule has 0 heterocycles. The van der Waals surface area contributed by atoms with Gasteiger partial charge in [0.2, 0.25) is 0 Å². The van der Waals surface area contributed by atoms with E-state index in [0.29, 0.717) is 6.10 Å². The van der Waals surface area contributed by atoms with Crippen LogP contribution < -0.4 is 0 Å². The average molecular weight is 141 g/mol. The van der Waals surface area contributed by atoms with E-state index in [0.717, 1.165) is 6.61 Å². The average Bonchev–Trinajstić information content (AvgIpc) is 2.41. The van der Waals surface area contributed by atoms with Gasteiger partial charge in [-0.05, 0) is 25.7 Å². The molecule has 0 aromatic carbocycles. The van der Waals surface area contributed by atoms with Crippen molar-refractivity contribution in [2.24, 2.45) is 0 Å². The molecule has 1 fully saturated rings. The Balaban J connectivity index is 1.91. The van der Waals surface area contributed by atoms with Gasteiger partial charge in [0.25, 0.3) is 0 Å². The van der Waals surface area contributed by atoms with Crippen molar-refractivity contribution in [2.45, 2.75) is 45.1 Å². The standard InChI is InChI=1S/C9H17O/c1-2-3-8-10-9-6-4-5-7-9/h6,9H,2-5,7-8H2,1H3. The van der Waals surface area contributed by atoms with E-state index in [4.69, 9.17) is 4.74 Å². The van der Waals surface area contributed by atoms with E-state index in [1.54, 1.807) is 0 Å². The summed E-state index contributed by atoms with van der Waals surface area (Å²) in [6, 6.07) is 0. The number of ether oxygens (including phenoxy) is 1. The van der Waals surface area contributed by atoms with E-state index in [1.165, 1.54) is 32.1 Å². The molecule has 1 aliphatic rings. The zero-order valence-electron chi connectivity index (χ0n) is 6.81. The summed E-state index contributed by atoms with van der Waals surface area (Å²) in [5.74, 6) is 0. The third-order valence-corrected chi connectivity index (χ3v) is 1.95. The van der Waals surface area contributed by atoms with Crippen LogP contribution in [-0.4, -0.2) is 12.7 Å². The predicted molar refractivity (Wildman–Crippen MR) is 42.8 cm³/mol. The van der Waals surface area contributed by atoms with E-state index in [1.807, 2.05) is 0 Å². The summed E-state index contributed by atoms with van der Waals surface area (Å²) in [5, 5.41) is 0. The summed E-state index contributed by atoms with van der Waals surface area (Å²) in [6.07, 6.45) is 9.09. The molecule has 0 aromatic heterocycles. The van der Waals surface area contributed by atoms with Crippen molar-refractivity contribution in [3.05, 3.63) is 6.42 Å². The zero-order chi connectivity index (χ0) is 7.23. The second-order valence-electron chi connectivity index (χ2n) is 2.93. The van der Waals surface area contributed by atoms with Crippen LogP contribution in [0.3, 0.4) is 0 Å². The molecule has 1 nitrogen and oxygen atoms in total. The number of hydrogen-bond acceptors (Lipinski definition) is 1. The molecule has 0 saturated heterocycles. The fraction of sp³-hybridized carbons (Fsp3) is 0.889. The molecule has 1 radical (unpaired) electrons. The van der Waals surface area contributed by atoms with Crippen molar-refractivity contribution in [1.82, 2.24) is 0 Å². The van der Waals surface area contributed by atoms with Gasteiger partial charge in [0.15, 0.2) is 0 Å². The van der Waals surface area contributed by atoms with Crippen LogP contribution in [0.4, 0.5) is 0 Å². The molecule has 0 aromatic rings. The van der Waals surface area contributed by atoms with Crippen molar-refractivity contribution in [3.63, 3.8) is 0 Å². The molecule has 1 saturated carbocycles. The summed E-state index contributed by atoms with van der Waals surface area (Å²) in [5.41, 5.74) is 0. The van der Waals surface area contributed by atoms with Gasteiger partial charge in [-0.1, -0.05) is 19.8 Å². The van der Waals surface area contributed by atoms with E-state index in [-0.39, 0.29) is 0 Å². The highest BCUT2D eigenvalue weighted by molar-refractivity contribution is 4.84. The molecule has 0 spiro atoms. The first-order valence-corrected chi connectivity index (χ1v) is 4.38. The Hall–Kier alpha value is -0.0400. The van der Waals surface area contributed by atoms with Gasteiger partial charge in [0.1, 0.15) is 0 Å². The molecule has 1 atom stereocenters. The first-order valence-electron chi connectivity index (χ1n) is 4.38. The van der Waals surface area contributed by atoms with Crippen LogP contribution in [0.5, 0.6) is 0 Å². The van der Waals surface area contributed by atoms with E-state index in [2.05, 4.69) is 13.3 Å². The van der Waals surface area contributed by atoms with Crippen LogP contribution in [0.2, 0.25) is 0 Å². The third-order valence-electron chi connectivity index (χ3n) is 1.95. The second kappa shape index (κ2) is 4.73. The number of hydrogen-bond donors (Lipinski definition) is 0. The Morgan fingerprint density at radius 1 is 1.60 bits per heavy atom. The molecule has 0 amide bonds. The highest BCUT2D eigenvalue weighted by Gasteiger charge is 2.14. The van der Waals surface area contributed by atoms with E-state index in [9.17, 15) is 0 Å². The van der Waals surface area contributed by atoms with Crippen molar-refractivity contribution >= 4 is 0 Å². The van der Waals surface area contributed by atoms with E-state index < -0.39 is 0 Å². The maximum Gasteiger partial charge on any atom is 0.0606 e. The smallest absolute Gasteiger partial charge is 0.0606 e. The quantitative estimate of drug-likeness (QED) is 0.547. The SMILES string of the molecule is CCCCOC1[CH]CCC1. The lowest BCUT2D eigenvalue weighted by Gasteiger charge is -2.08. The van der Waals surface area contributed by atoms with Crippen molar-refractivity contribution in [1.29, 1.82) is 0 Å². The fourth-order valence-corrected chi connectivity index (χ4v) is 1.27. The first kappa shape index (κ1) is 8.06. The molecular formula is C9H17O. The third kappa shape index (κ3) is 2.70. The molecule has 1 aliphatic carbocycles. The van der Waals surface area contributed by atoms with Gasteiger partial charge in [-0.15, -0.1) is 0 Å². The highest BCUT2D eigenvalue weighted by Crippen LogP contribution is 2.19. The summed E-state index contributed by atoms with van der Waals surface area (Å²) in [7, 11) is 0. The molecule has 1 rings (SSSR count). The van der Waals surface area contributed by atoms with Crippen molar-refractivity contribution in [2.75, 3.05) is 6.61 Å². The van der Waals surface area contributed by atoms with Crippen LogP contribution in [0.1, 0.15) is 39.0 Å². The zero-order valence-corrected chi connectivity index (χ0v) is 6.81. The van der Waals surface area contributed by atoms with Gasteiger partial charge in [-0.25, -0.2) is 0 Å². The van der Waals surface area contributed by atoms with Gasteiger partial charge < -0.3 is 4.74 Å². The lowest BCUT2D eigenvalue weighted by Crippen LogP contribution is -2.08. The molecular weight excluding hydrogens is 124 g/mol. The summed E-state index contributed by atoms with van der Waals surface area (Å²) in [6.45, 7) is 3.15.